The van der Waals surface area contributed by atoms with Crippen LogP contribution in [0.2, 0.25) is 0 Å². The van der Waals surface area contributed by atoms with Gasteiger partial charge in [0.25, 0.3) is 0 Å². The summed E-state index contributed by atoms with van der Waals surface area (Å²) < 4.78 is 53.3. The van der Waals surface area contributed by atoms with Crippen LogP contribution in [0.25, 0.3) is 12.2 Å². The van der Waals surface area contributed by atoms with Crippen LogP contribution < -0.4 is 14.2 Å². The van der Waals surface area contributed by atoms with Crippen LogP contribution in [0.4, 0.5) is 4.39 Å². The summed E-state index contributed by atoms with van der Waals surface area (Å²) in [6.07, 6.45) is -1.88. The molecule has 0 spiro atoms. The molecule has 0 amide bonds. The van der Waals surface area contributed by atoms with Gasteiger partial charge in [-0.25, -0.2) is 4.39 Å². The van der Waals surface area contributed by atoms with E-state index in [4.69, 9.17) is 33.2 Å². The molecule has 2 aromatic rings. The fourth-order valence-electron chi connectivity index (χ4n) is 4.27. The van der Waals surface area contributed by atoms with Crippen LogP contribution in [0.15, 0.2) is 36.4 Å². The summed E-state index contributed by atoms with van der Waals surface area (Å²) in [6.45, 7) is 5.37. The molecule has 0 aliphatic carbocycles. The molecule has 2 aromatic carbocycles. The van der Waals surface area contributed by atoms with Crippen LogP contribution in [-0.2, 0) is 33.3 Å². The highest BCUT2D eigenvalue weighted by Gasteiger charge is 2.52. The molecule has 216 valence electrons. The van der Waals surface area contributed by atoms with Gasteiger partial charge >= 0.3 is 17.9 Å². The zero-order valence-electron chi connectivity index (χ0n) is 23.2. The van der Waals surface area contributed by atoms with Gasteiger partial charge in [0.05, 0.1) is 14.2 Å². The summed E-state index contributed by atoms with van der Waals surface area (Å²) in [6, 6.07) is 9.16. The first-order valence-electron chi connectivity index (χ1n) is 12.6. The first-order valence-corrected chi connectivity index (χ1v) is 12.6. The molecular formula is C29H33FO10. The number of methoxy groups -OCH3 is 2. The number of hydrogen-bond donors (Lipinski definition) is 0. The number of carbonyl (C=O) groups excluding carboxylic acids is 3. The Kier molecular flexibility index (Phi) is 10.5. The zero-order valence-corrected chi connectivity index (χ0v) is 23.2. The maximum Gasteiger partial charge on any atom is 0.303 e. The Hall–Kier alpha value is -4.12. The van der Waals surface area contributed by atoms with Crippen LogP contribution in [0.1, 0.15) is 45.2 Å². The minimum absolute atomic E-state index is 0.200. The summed E-state index contributed by atoms with van der Waals surface area (Å²) >= 11 is 0. The van der Waals surface area contributed by atoms with Gasteiger partial charge < -0.3 is 33.2 Å². The maximum absolute atomic E-state index is 13.4. The number of hydrogen-bond acceptors (Lipinski definition) is 10. The standard InChI is InChI=1S/C29H33FO10/c1-7-23-26(36-16(2)31)27(37-17(3)32)28(38-18(4)33)29(39-23)40-25-20(14-22(34-5)15-24(25)35-6)11-8-19-9-12-21(30)13-10-19/h8-15,23,26-29H,7H2,1-6H3/b11-8+/t23-,26-,27+,28-,29?/m1/s1. The number of esters is 3. The molecule has 1 fully saturated rings. The normalized spacial score (nSPS) is 22.3. The minimum Gasteiger partial charge on any atom is -0.497 e. The van der Waals surface area contributed by atoms with Gasteiger partial charge in [-0.3, -0.25) is 14.4 Å². The number of benzene rings is 2. The van der Waals surface area contributed by atoms with Gasteiger partial charge in [0.1, 0.15) is 17.7 Å². The van der Waals surface area contributed by atoms with Crippen molar-refractivity contribution in [2.24, 2.45) is 0 Å². The van der Waals surface area contributed by atoms with Gasteiger partial charge in [-0.05, 0) is 30.2 Å². The monoisotopic (exact) mass is 560 g/mol. The average molecular weight is 561 g/mol. The third-order valence-corrected chi connectivity index (χ3v) is 5.97. The lowest BCUT2D eigenvalue weighted by Crippen LogP contribution is -2.62. The van der Waals surface area contributed by atoms with E-state index < -0.39 is 48.6 Å². The third-order valence-electron chi connectivity index (χ3n) is 5.97. The van der Waals surface area contributed by atoms with E-state index in [2.05, 4.69) is 0 Å². The van der Waals surface area contributed by atoms with Gasteiger partial charge in [0.2, 0.25) is 12.4 Å². The van der Waals surface area contributed by atoms with Crippen molar-refractivity contribution in [3.63, 3.8) is 0 Å². The molecule has 1 aliphatic rings. The summed E-state index contributed by atoms with van der Waals surface area (Å²) in [4.78, 5) is 36.1. The second kappa shape index (κ2) is 13.8. The summed E-state index contributed by atoms with van der Waals surface area (Å²) in [7, 11) is 2.93. The molecule has 0 bridgehead atoms. The van der Waals surface area contributed by atoms with Crippen LogP contribution in [-0.4, -0.2) is 62.8 Å². The number of carbonyl (C=O) groups is 3. The predicted molar refractivity (Wildman–Crippen MR) is 141 cm³/mol. The minimum atomic E-state index is -1.31. The highest BCUT2D eigenvalue weighted by molar-refractivity contribution is 5.75. The van der Waals surface area contributed by atoms with E-state index in [1.807, 2.05) is 0 Å². The van der Waals surface area contributed by atoms with E-state index in [1.54, 1.807) is 43.3 Å². The van der Waals surface area contributed by atoms with E-state index >= 15 is 0 Å². The van der Waals surface area contributed by atoms with Gasteiger partial charge in [-0.15, -0.1) is 0 Å². The second-order valence-corrected chi connectivity index (χ2v) is 8.92. The molecule has 1 unspecified atom stereocenters. The highest BCUT2D eigenvalue weighted by Crippen LogP contribution is 2.40. The van der Waals surface area contributed by atoms with E-state index in [1.165, 1.54) is 47.1 Å². The molecule has 0 aromatic heterocycles. The van der Waals surface area contributed by atoms with Crippen molar-refractivity contribution in [3.05, 3.63) is 53.3 Å². The molecule has 1 aliphatic heterocycles. The molecule has 1 heterocycles. The van der Waals surface area contributed by atoms with Gasteiger partial charge in [0.15, 0.2) is 23.7 Å². The van der Waals surface area contributed by atoms with Gasteiger partial charge in [-0.1, -0.05) is 31.2 Å². The topological polar surface area (TPSA) is 116 Å². The lowest BCUT2D eigenvalue weighted by atomic mass is 9.96. The first kappa shape index (κ1) is 30.4. The maximum atomic E-state index is 13.4. The first-order chi connectivity index (χ1) is 19.1. The van der Waals surface area contributed by atoms with Crippen molar-refractivity contribution >= 4 is 30.1 Å². The van der Waals surface area contributed by atoms with Crippen molar-refractivity contribution < 1.29 is 51.9 Å². The van der Waals surface area contributed by atoms with Crippen LogP contribution in [0.3, 0.4) is 0 Å². The fourth-order valence-corrected chi connectivity index (χ4v) is 4.27. The second-order valence-electron chi connectivity index (χ2n) is 8.92. The Morgan fingerprint density at radius 2 is 1.45 bits per heavy atom. The van der Waals surface area contributed by atoms with Crippen molar-refractivity contribution in [1.29, 1.82) is 0 Å². The van der Waals surface area contributed by atoms with Gasteiger partial charge in [0, 0.05) is 32.4 Å². The van der Waals surface area contributed by atoms with Crippen molar-refractivity contribution in [2.75, 3.05) is 14.2 Å². The van der Waals surface area contributed by atoms with E-state index in [9.17, 15) is 18.8 Å². The SMILES string of the molecule is CC[C@H]1OC(Oc2c(/C=C/c3ccc(F)cc3)cc(OC)cc2OC)[C@H](OC(C)=O)[C@@H](OC(C)=O)[C@@H]1OC(C)=O. The summed E-state index contributed by atoms with van der Waals surface area (Å²) in [5.74, 6) is -1.45. The highest BCUT2D eigenvalue weighted by atomic mass is 19.1. The lowest BCUT2D eigenvalue weighted by molar-refractivity contribution is -0.284. The Balaban J connectivity index is 2.09. The Morgan fingerprint density at radius 1 is 0.850 bits per heavy atom. The lowest BCUT2D eigenvalue weighted by Gasteiger charge is -2.44. The molecule has 10 nitrogen and oxygen atoms in total. The zero-order chi connectivity index (χ0) is 29.4. The van der Waals surface area contributed by atoms with Crippen molar-refractivity contribution in [3.8, 4) is 17.2 Å². The quantitative estimate of drug-likeness (QED) is 0.236. The molecule has 3 rings (SSSR count). The van der Waals surface area contributed by atoms with Crippen LogP contribution in [0, 0.1) is 5.82 Å². The number of rotatable bonds is 10. The molecule has 0 saturated carbocycles. The molecule has 0 N–H and O–H groups in total. The Morgan fingerprint density at radius 3 is 2.00 bits per heavy atom. The Labute approximate surface area is 231 Å². The van der Waals surface area contributed by atoms with Gasteiger partial charge in [-0.2, -0.15) is 0 Å². The number of halogens is 1. The van der Waals surface area contributed by atoms with E-state index in [0.717, 1.165) is 0 Å². The largest absolute Gasteiger partial charge is 0.497 e. The predicted octanol–water partition coefficient (Wildman–Crippen LogP) is 4.32. The van der Waals surface area contributed by atoms with Crippen LogP contribution >= 0.6 is 0 Å². The summed E-state index contributed by atoms with van der Waals surface area (Å²) in [5.41, 5.74) is 1.20. The molecule has 40 heavy (non-hydrogen) atoms. The smallest absolute Gasteiger partial charge is 0.303 e. The fraction of sp³-hybridized carbons (Fsp3) is 0.414. The van der Waals surface area contributed by atoms with Crippen molar-refractivity contribution in [2.45, 2.75) is 64.8 Å². The molecule has 1 saturated heterocycles. The van der Waals surface area contributed by atoms with Crippen molar-refractivity contribution in [1.82, 2.24) is 0 Å². The van der Waals surface area contributed by atoms with Crippen LogP contribution in [0.5, 0.6) is 17.2 Å². The average Bonchev–Trinajstić information content (AvgIpc) is 2.90. The molecule has 0 radical (unpaired) electrons. The number of ether oxygens (including phenoxy) is 7. The molecule has 11 heteroatoms. The molecule has 5 atom stereocenters. The van der Waals surface area contributed by atoms with E-state index in [-0.39, 0.29) is 17.3 Å². The third kappa shape index (κ3) is 7.72. The summed E-state index contributed by atoms with van der Waals surface area (Å²) in [5, 5.41) is 0. The molecular weight excluding hydrogens is 527 g/mol. The van der Waals surface area contributed by atoms with E-state index in [0.29, 0.717) is 23.3 Å². The Bertz CT molecular complexity index is 1230.